The highest BCUT2D eigenvalue weighted by Gasteiger charge is 2.19. The van der Waals surface area contributed by atoms with Gasteiger partial charge in [-0.3, -0.25) is 0 Å². The van der Waals surface area contributed by atoms with E-state index in [0.29, 0.717) is 30.6 Å². The summed E-state index contributed by atoms with van der Waals surface area (Å²) >= 11 is 0. The number of benzene rings is 1. The second-order valence-electron chi connectivity index (χ2n) is 4.12. The van der Waals surface area contributed by atoms with Crippen molar-refractivity contribution >= 4 is 17.9 Å². The Hall–Kier alpha value is -2.30. The Bertz CT molecular complexity index is 575. The van der Waals surface area contributed by atoms with Crippen LogP contribution in [0.4, 0.5) is 0 Å². The Balaban J connectivity index is 2.31. The molecule has 0 saturated heterocycles. The zero-order valence-electron chi connectivity index (χ0n) is 11.8. The van der Waals surface area contributed by atoms with Gasteiger partial charge < -0.3 is 14.2 Å². The summed E-state index contributed by atoms with van der Waals surface area (Å²) in [6.45, 7) is 6.57. The van der Waals surface area contributed by atoms with Gasteiger partial charge in [0.15, 0.2) is 23.1 Å². The van der Waals surface area contributed by atoms with Gasteiger partial charge >= 0.3 is 5.97 Å². The first-order valence-corrected chi connectivity index (χ1v) is 6.52. The highest BCUT2D eigenvalue weighted by molar-refractivity contribution is 6.06. The Morgan fingerprint density at radius 2 is 1.90 bits per heavy atom. The molecule has 0 amide bonds. The zero-order valence-corrected chi connectivity index (χ0v) is 11.8. The Morgan fingerprint density at radius 3 is 2.50 bits per heavy atom. The molecule has 0 aliphatic carbocycles. The number of aliphatic imine (C=N–C) groups is 1. The molecular weight excluding hydrogens is 258 g/mol. The van der Waals surface area contributed by atoms with Crippen molar-refractivity contribution in [2.45, 2.75) is 20.8 Å². The lowest BCUT2D eigenvalue weighted by Gasteiger charge is -2.11. The third-order valence-electron chi connectivity index (χ3n) is 2.60. The van der Waals surface area contributed by atoms with E-state index in [1.807, 2.05) is 32.0 Å². The minimum atomic E-state index is -0.436. The second-order valence-corrected chi connectivity index (χ2v) is 4.12. The number of cyclic esters (lactones) is 1. The highest BCUT2D eigenvalue weighted by Crippen LogP contribution is 2.29. The number of carbonyl (C=O) groups excluding carboxylic acids is 1. The van der Waals surface area contributed by atoms with Crippen LogP contribution in [0.15, 0.2) is 28.9 Å². The molecule has 5 nitrogen and oxygen atoms in total. The molecule has 0 saturated carbocycles. The van der Waals surface area contributed by atoms with Crippen LogP contribution in [-0.4, -0.2) is 25.1 Å². The minimum absolute atomic E-state index is 0.286. The van der Waals surface area contributed by atoms with Gasteiger partial charge in [-0.25, -0.2) is 9.79 Å². The maximum Gasteiger partial charge on any atom is 0.363 e. The van der Waals surface area contributed by atoms with E-state index < -0.39 is 5.97 Å². The molecule has 5 heteroatoms. The highest BCUT2D eigenvalue weighted by atomic mass is 16.6. The molecule has 0 spiro atoms. The predicted octanol–water partition coefficient (Wildman–Crippen LogP) is 2.80. The van der Waals surface area contributed by atoms with Crippen molar-refractivity contribution in [3.05, 3.63) is 29.5 Å². The van der Waals surface area contributed by atoms with Crippen LogP contribution in [0, 0.1) is 0 Å². The number of ether oxygens (including phenoxy) is 3. The van der Waals surface area contributed by atoms with E-state index in [4.69, 9.17) is 14.2 Å². The van der Waals surface area contributed by atoms with Gasteiger partial charge in [-0.1, -0.05) is 6.07 Å². The first-order chi connectivity index (χ1) is 9.63. The number of esters is 1. The molecule has 1 heterocycles. The molecule has 106 valence electrons. The molecule has 2 rings (SSSR count). The fourth-order valence-electron chi connectivity index (χ4n) is 1.83. The van der Waals surface area contributed by atoms with Crippen molar-refractivity contribution in [3.8, 4) is 11.5 Å². The third kappa shape index (κ3) is 3.17. The van der Waals surface area contributed by atoms with E-state index in [2.05, 4.69) is 4.99 Å². The second kappa shape index (κ2) is 6.23. The fraction of sp³-hybridized carbons (Fsp3) is 0.333. The van der Waals surface area contributed by atoms with Crippen molar-refractivity contribution < 1.29 is 19.0 Å². The molecule has 1 aliphatic rings. The van der Waals surface area contributed by atoms with Gasteiger partial charge in [0.2, 0.25) is 0 Å². The molecule has 0 radical (unpaired) electrons. The number of hydrogen-bond acceptors (Lipinski definition) is 5. The van der Waals surface area contributed by atoms with Gasteiger partial charge in [-0.05, 0) is 37.6 Å². The van der Waals surface area contributed by atoms with Crippen molar-refractivity contribution in [1.82, 2.24) is 0 Å². The average molecular weight is 275 g/mol. The molecule has 0 fully saturated rings. The van der Waals surface area contributed by atoms with Crippen molar-refractivity contribution in [1.29, 1.82) is 0 Å². The molecular formula is C15H17NO4. The van der Waals surface area contributed by atoms with Crippen LogP contribution in [-0.2, 0) is 9.53 Å². The topological polar surface area (TPSA) is 57.1 Å². The molecule has 1 aliphatic heterocycles. The first-order valence-electron chi connectivity index (χ1n) is 6.52. The molecule has 0 bridgehead atoms. The zero-order chi connectivity index (χ0) is 14.5. The number of carbonyl (C=O) groups is 1. The van der Waals surface area contributed by atoms with E-state index in [9.17, 15) is 4.79 Å². The first kappa shape index (κ1) is 14.1. The Labute approximate surface area is 117 Å². The van der Waals surface area contributed by atoms with Gasteiger partial charge in [0.25, 0.3) is 0 Å². The molecule has 20 heavy (non-hydrogen) atoms. The Morgan fingerprint density at radius 1 is 1.20 bits per heavy atom. The van der Waals surface area contributed by atoms with Crippen LogP contribution in [0.25, 0.3) is 6.08 Å². The fourth-order valence-corrected chi connectivity index (χ4v) is 1.83. The third-order valence-corrected chi connectivity index (χ3v) is 2.60. The lowest BCUT2D eigenvalue weighted by atomic mass is 10.1. The van der Waals surface area contributed by atoms with Gasteiger partial charge in [0.05, 0.1) is 13.2 Å². The van der Waals surface area contributed by atoms with E-state index in [-0.39, 0.29) is 5.70 Å². The van der Waals surface area contributed by atoms with E-state index in [0.717, 1.165) is 5.56 Å². The molecule has 0 N–H and O–H groups in total. The summed E-state index contributed by atoms with van der Waals surface area (Å²) < 4.78 is 15.9. The van der Waals surface area contributed by atoms with Crippen LogP contribution < -0.4 is 9.47 Å². The summed E-state index contributed by atoms with van der Waals surface area (Å²) in [5, 5.41) is 0. The standard InChI is InChI=1S/C15H17NO4/c1-4-18-13-7-6-11(9-14(13)19-5-2)8-12-15(17)20-10(3)16-12/h6-9H,4-5H2,1-3H3/b12-8-. The summed E-state index contributed by atoms with van der Waals surface area (Å²) in [4.78, 5) is 15.5. The van der Waals surface area contributed by atoms with Crippen LogP contribution in [0.2, 0.25) is 0 Å². The average Bonchev–Trinajstić information content (AvgIpc) is 2.71. The number of hydrogen-bond donors (Lipinski definition) is 0. The monoisotopic (exact) mass is 275 g/mol. The van der Waals surface area contributed by atoms with Crippen LogP contribution in [0.3, 0.4) is 0 Å². The van der Waals surface area contributed by atoms with Crippen molar-refractivity contribution in [3.63, 3.8) is 0 Å². The van der Waals surface area contributed by atoms with Gasteiger partial charge in [0, 0.05) is 6.92 Å². The van der Waals surface area contributed by atoms with Crippen LogP contribution in [0.1, 0.15) is 26.3 Å². The molecule has 0 unspecified atom stereocenters. The van der Waals surface area contributed by atoms with Crippen molar-refractivity contribution in [2.75, 3.05) is 13.2 Å². The summed E-state index contributed by atoms with van der Waals surface area (Å²) in [6.07, 6.45) is 1.66. The number of nitrogens with zero attached hydrogens (tertiary/aromatic N) is 1. The lowest BCUT2D eigenvalue weighted by molar-refractivity contribution is -0.130. The van der Waals surface area contributed by atoms with Crippen molar-refractivity contribution in [2.24, 2.45) is 4.99 Å². The molecule has 0 aromatic heterocycles. The molecule has 0 atom stereocenters. The summed E-state index contributed by atoms with van der Waals surface area (Å²) in [6, 6.07) is 5.48. The van der Waals surface area contributed by atoms with Crippen LogP contribution in [0.5, 0.6) is 11.5 Å². The maximum absolute atomic E-state index is 11.5. The molecule has 1 aromatic carbocycles. The molecule has 1 aromatic rings. The van der Waals surface area contributed by atoms with Crippen LogP contribution >= 0.6 is 0 Å². The number of rotatable bonds is 5. The normalized spacial score (nSPS) is 16.1. The summed E-state index contributed by atoms with van der Waals surface area (Å²) in [5.41, 5.74) is 1.09. The van der Waals surface area contributed by atoms with Gasteiger partial charge in [0.1, 0.15) is 0 Å². The van der Waals surface area contributed by atoms with E-state index in [1.165, 1.54) is 0 Å². The summed E-state index contributed by atoms with van der Waals surface area (Å²) in [5.74, 6) is 1.26. The quantitative estimate of drug-likeness (QED) is 0.612. The van der Waals surface area contributed by atoms with Gasteiger partial charge in [-0.15, -0.1) is 0 Å². The smallest absolute Gasteiger partial charge is 0.363 e. The predicted molar refractivity (Wildman–Crippen MR) is 76.0 cm³/mol. The maximum atomic E-state index is 11.5. The SMILES string of the molecule is CCOc1ccc(/C=C2\N=C(C)OC2=O)cc1OCC. The minimum Gasteiger partial charge on any atom is -0.490 e. The summed E-state index contributed by atoms with van der Waals surface area (Å²) in [7, 11) is 0. The van der Waals surface area contributed by atoms with E-state index >= 15 is 0 Å². The van der Waals surface area contributed by atoms with Gasteiger partial charge in [-0.2, -0.15) is 0 Å². The largest absolute Gasteiger partial charge is 0.490 e. The van der Waals surface area contributed by atoms with E-state index in [1.54, 1.807) is 13.0 Å². The lowest BCUT2D eigenvalue weighted by Crippen LogP contribution is -2.00. The Kier molecular flexibility index (Phi) is 4.40.